The topological polar surface area (TPSA) is 49.6 Å². The van der Waals surface area contributed by atoms with E-state index in [4.69, 9.17) is 5.73 Å². The zero-order valence-electron chi connectivity index (χ0n) is 10.2. The number of carbonyl (C=O) groups excluding carboxylic acids is 1. The Morgan fingerprint density at radius 2 is 1.94 bits per heavy atom. The van der Waals surface area contributed by atoms with Crippen molar-refractivity contribution < 1.29 is 4.79 Å². The summed E-state index contributed by atoms with van der Waals surface area (Å²) in [4.78, 5) is 16.6. The Balaban J connectivity index is 1.82. The second-order valence-corrected chi connectivity index (χ2v) is 5.03. The van der Waals surface area contributed by atoms with Gasteiger partial charge in [-0.05, 0) is 25.8 Å². The van der Waals surface area contributed by atoms with Gasteiger partial charge in [0.05, 0.1) is 0 Å². The molecule has 1 aliphatic heterocycles. The summed E-state index contributed by atoms with van der Waals surface area (Å²) < 4.78 is 0. The van der Waals surface area contributed by atoms with Gasteiger partial charge in [-0.2, -0.15) is 0 Å². The highest BCUT2D eigenvalue weighted by molar-refractivity contribution is 5.79. The third-order valence-electron chi connectivity index (χ3n) is 3.95. The highest BCUT2D eigenvalue weighted by atomic mass is 16.2. The Kier molecular flexibility index (Phi) is 3.82. The molecule has 2 unspecified atom stereocenters. The van der Waals surface area contributed by atoms with E-state index < -0.39 is 0 Å². The number of nitrogens with zero attached hydrogens (tertiary/aromatic N) is 2. The highest BCUT2D eigenvalue weighted by Gasteiger charge is 2.32. The van der Waals surface area contributed by atoms with Gasteiger partial charge in [0.25, 0.3) is 0 Å². The molecule has 16 heavy (non-hydrogen) atoms. The number of hydrogen-bond donors (Lipinski definition) is 1. The molecule has 0 aromatic heterocycles. The van der Waals surface area contributed by atoms with Crippen LogP contribution in [0.5, 0.6) is 0 Å². The maximum absolute atomic E-state index is 12.2. The molecule has 1 saturated carbocycles. The van der Waals surface area contributed by atoms with E-state index in [1.165, 1.54) is 0 Å². The first kappa shape index (κ1) is 11.9. The van der Waals surface area contributed by atoms with Crippen LogP contribution in [-0.4, -0.2) is 54.5 Å². The summed E-state index contributed by atoms with van der Waals surface area (Å²) in [6, 6.07) is 0.255. The number of amides is 1. The molecular formula is C12H23N3O. The number of likely N-dealkylation sites (N-methyl/N-ethyl adjacent to an activating group) is 1. The van der Waals surface area contributed by atoms with Gasteiger partial charge in [-0.3, -0.25) is 4.79 Å². The van der Waals surface area contributed by atoms with Crippen molar-refractivity contribution in [3.8, 4) is 0 Å². The number of nitrogens with two attached hydrogens (primary N) is 1. The molecule has 1 amide bonds. The SMILES string of the molecule is CCN1CCN(C(=O)C2CCC(N)C2)CC1. The lowest BCUT2D eigenvalue weighted by atomic mass is 10.1. The van der Waals surface area contributed by atoms with Crippen LogP contribution in [0.2, 0.25) is 0 Å². The van der Waals surface area contributed by atoms with Crippen LogP contribution < -0.4 is 5.73 Å². The van der Waals surface area contributed by atoms with Crippen LogP contribution in [0.3, 0.4) is 0 Å². The third kappa shape index (κ3) is 2.55. The average Bonchev–Trinajstić information content (AvgIpc) is 2.75. The quantitative estimate of drug-likeness (QED) is 0.734. The normalized spacial score (nSPS) is 32.0. The molecule has 2 fully saturated rings. The Morgan fingerprint density at radius 3 is 2.44 bits per heavy atom. The van der Waals surface area contributed by atoms with Crippen molar-refractivity contribution in [2.24, 2.45) is 11.7 Å². The molecule has 4 nitrogen and oxygen atoms in total. The summed E-state index contributed by atoms with van der Waals surface area (Å²) in [7, 11) is 0. The fraction of sp³-hybridized carbons (Fsp3) is 0.917. The van der Waals surface area contributed by atoms with Crippen molar-refractivity contribution in [2.45, 2.75) is 32.2 Å². The van der Waals surface area contributed by atoms with Crippen LogP contribution in [0.25, 0.3) is 0 Å². The average molecular weight is 225 g/mol. The second-order valence-electron chi connectivity index (χ2n) is 5.03. The van der Waals surface area contributed by atoms with Crippen molar-refractivity contribution in [3.63, 3.8) is 0 Å². The first-order valence-electron chi connectivity index (χ1n) is 6.47. The molecule has 0 bridgehead atoms. The van der Waals surface area contributed by atoms with Gasteiger partial charge in [0.1, 0.15) is 0 Å². The first-order valence-corrected chi connectivity index (χ1v) is 6.47. The van der Waals surface area contributed by atoms with E-state index >= 15 is 0 Å². The molecule has 1 aliphatic carbocycles. The third-order valence-corrected chi connectivity index (χ3v) is 3.95. The summed E-state index contributed by atoms with van der Waals surface area (Å²) in [5, 5.41) is 0. The van der Waals surface area contributed by atoms with Gasteiger partial charge in [-0.1, -0.05) is 6.92 Å². The van der Waals surface area contributed by atoms with E-state index in [2.05, 4.69) is 11.8 Å². The van der Waals surface area contributed by atoms with Gasteiger partial charge in [0, 0.05) is 38.1 Å². The molecule has 4 heteroatoms. The fourth-order valence-electron chi connectivity index (χ4n) is 2.78. The lowest BCUT2D eigenvalue weighted by molar-refractivity contribution is -0.137. The summed E-state index contributed by atoms with van der Waals surface area (Å²) in [6.45, 7) is 7.13. The Bertz CT molecular complexity index is 249. The molecule has 2 aliphatic rings. The van der Waals surface area contributed by atoms with Gasteiger partial charge in [0.2, 0.25) is 5.91 Å². The molecule has 1 saturated heterocycles. The van der Waals surface area contributed by atoms with Crippen molar-refractivity contribution in [1.82, 2.24) is 9.80 Å². The highest BCUT2D eigenvalue weighted by Crippen LogP contribution is 2.26. The van der Waals surface area contributed by atoms with E-state index in [1.54, 1.807) is 0 Å². The number of piperazine rings is 1. The lowest BCUT2D eigenvalue weighted by Gasteiger charge is -2.35. The van der Waals surface area contributed by atoms with Crippen LogP contribution >= 0.6 is 0 Å². The molecule has 2 atom stereocenters. The predicted octanol–water partition coefficient (Wildman–Crippen LogP) is 0.278. The van der Waals surface area contributed by atoms with Crippen molar-refractivity contribution in [3.05, 3.63) is 0 Å². The van der Waals surface area contributed by atoms with Crippen LogP contribution in [0, 0.1) is 5.92 Å². The van der Waals surface area contributed by atoms with E-state index in [9.17, 15) is 4.79 Å². The van der Waals surface area contributed by atoms with Crippen molar-refractivity contribution in [2.75, 3.05) is 32.7 Å². The fourth-order valence-corrected chi connectivity index (χ4v) is 2.78. The van der Waals surface area contributed by atoms with E-state index in [0.29, 0.717) is 5.91 Å². The van der Waals surface area contributed by atoms with Crippen molar-refractivity contribution in [1.29, 1.82) is 0 Å². The van der Waals surface area contributed by atoms with Crippen LogP contribution in [0.1, 0.15) is 26.2 Å². The molecule has 1 heterocycles. The minimum absolute atomic E-state index is 0.211. The van der Waals surface area contributed by atoms with E-state index in [-0.39, 0.29) is 12.0 Å². The smallest absolute Gasteiger partial charge is 0.225 e. The van der Waals surface area contributed by atoms with Crippen molar-refractivity contribution >= 4 is 5.91 Å². The van der Waals surface area contributed by atoms with Crippen LogP contribution in [-0.2, 0) is 4.79 Å². The molecule has 0 radical (unpaired) electrons. The van der Waals surface area contributed by atoms with E-state index in [0.717, 1.165) is 52.0 Å². The molecule has 0 spiro atoms. The van der Waals surface area contributed by atoms with Gasteiger partial charge in [0.15, 0.2) is 0 Å². The van der Waals surface area contributed by atoms with Gasteiger partial charge >= 0.3 is 0 Å². The summed E-state index contributed by atoms with van der Waals surface area (Å²) in [5.74, 6) is 0.562. The zero-order valence-corrected chi connectivity index (χ0v) is 10.2. The molecular weight excluding hydrogens is 202 g/mol. The Morgan fingerprint density at radius 1 is 1.25 bits per heavy atom. The number of carbonyl (C=O) groups is 1. The minimum atomic E-state index is 0.211. The Labute approximate surface area is 97.8 Å². The molecule has 92 valence electrons. The Hall–Kier alpha value is -0.610. The van der Waals surface area contributed by atoms with Gasteiger partial charge in [-0.15, -0.1) is 0 Å². The first-order chi connectivity index (χ1) is 7.70. The minimum Gasteiger partial charge on any atom is -0.340 e. The van der Waals surface area contributed by atoms with Gasteiger partial charge in [-0.25, -0.2) is 0 Å². The lowest BCUT2D eigenvalue weighted by Crippen LogP contribution is -2.50. The summed E-state index contributed by atoms with van der Waals surface area (Å²) in [6.07, 6.45) is 2.91. The maximum Gasteiger partial charge on any atom is 0.225 e. The second kappa shape index (κ2) is 5.15. The maximum atomic E-state index is 12.2. The zero-order chi connectivity index (χ0) is 11.5. The molecule has 0 aromatic rings. The van der Waals surface area contributed by atoms with Gasteiger partial charge < -0.3 is 15.5 Å². The predicted molar refractivity (Wildman–Crippen MR) is 64.0 cm³/mol. The molecule has 0 aromatic carbocycles. The largest absolute Gasteiger partial charge is 0.340 e. The van der Waals surface area contributed by atoms with E-state index in [1.807, 2.05) is 4.90 Å². The number of hydrogen-bond acceptors (Lipinski definition) is 3. The molecule has 2 N–H and O–H groups in total. The monoisotopic (exact) mass is 225 g/mol. The summed E-state index contributed by atoms with van der Waals surface area (Å²) >= 11 is 0. The van der Waals surface area contributed by atoms with Crippen LogP contribution in [0.15, 0.2) is 0 Å². The number of rotatable bonds is 2. The summed E-state index contributed by atoms with van der Waals surface area (Å²) in [5.41, 5.74) is 5.86. The standard InChI is InChI=1S/C12H23N3O/c1-2-14-5-7-15(8-6-14)12(16)10-3-4-11(13)9-10/h10-11H,2-9,13H2,1H3. The molecule has 2 rings (SSSR count). The van der Waals surface area contributed by atoms with Crippen LogP contribution in [0.4, 0.5) is 0 Å².